The van der Waals surface area contributed by atoms with Crippen molar-refractivity contribution in [3.63, 3.8) is 0 Å². The summed E-state index contributed by atoms with van der Waals surface area (Å²) in [5.41, 5.74) is 0.453. The summed E-state index contributed by atoms with van der Waals surface area (Å²) < 4.78 is 0. The van der Waals surface area contributed by atoms with Crippen molar-refractivity contribution in [3.8, 4) is 0 Å². The van der Waals surface area contributed by atoms with E-state index in [1.165, 1.54) is 12.8 Å². The van der Waals surface area contributed by atoms with E-state index in [1.807, 2.05) is 6.26 Å². The average Bonchev–Trinajstić information content (AvgIpc) is 2.36. The Kier molecular flexibility index (Phi) is 1.86. The first-order chi connectivity index (χ1) is 5.87. The van der Waals surface area contributed by atoms with Crippen LogP contribution in [-0.4, -0.2) is 16.3 Å². The van der Waals surface area contributed by atoms with Crippen LogP contribution in [-0.2, 0) is 0 Å². The lowest BCUT2D eigenvalue weighted by molar-refractivity contribution is -0.0156. The number of aliphatic hydroxyl groups is 1. The molecule has 0 aromatic carbocycles. The zero-order chi connectivity index (χ0) is 9.91. The predicted molar refractivity (Wildman–Crippen MR) is 57.7 cm³/mol. The van der Waals surface area contributed by atoms with E-state index in [4.69, 9.17) is 0 Å². The Bertz CT molecular complexity index is 238. The summed E-state index contributed by atoms with van der Waals surface area (Å²) in [6.07, 6.45) is 5.55. The first-order valence-electron chi connectivity index (χ1n) is 5.15. The third-order valence-corrected chi connectivity index (χ3v) is 6.45. The van der Waals surface area contributed by atoms with Crippen molar-refractivity contribution >= 4 is 11.8 Å². The van der Waals surface area contributed by atoms with Crippen LogP contribution < -0.4 is 0 Å². The van der Waals surface area contributed by atoms with Crippen molar-refractivity contribution in [2.45, 2.75) is 45.0 Å². The summed E-state index contributed by atoms with van der Waals surface area (Å²) in [6, 6.07) is 0. The summed E-state index contributed by atoms with van der Waals surface area (Å²) in [5, 5.41) is 10.5. The number of hydrogen-bond acceptors (Lipinski definition) is 2. The Morgan fingerprint density at radius 1 is 1.31 bits per heavy atom. The highest BCUT2D eigenvalue weighted by Crippen LogP contribution is 2.71. The molecule has 2 bridgehead atoms. The molecule has 13 heavy (non-hydrogen) atoms. The second-order valence-electron chi connectivity index (χ2n) is 5.48. The van der Waals surface area contributed by atoms with Crippen molar-refractivity contribution in [2.75, 3.05) is 6.26 Å². The second kappa shape index (κ2) is 2.46. The lowest BCUT2D eigenvalue weighted by Crippen LogP contribution is -2.44. The number of thioether (sulfide) groups is 1. The first kappa shape index (κ1) is 9.85. The van der Waals surface area contributed by atoms with E-state index in [0.717, 1.165) is 12.3 Å². The maximum atomic E-state index is 10.5. The van der Waals surface area contributed by atoms with E-state index in [1.54, 1.807) is 11.8 Å². The standard InChI is InChI=1S/C11H20OS/c1-9(2)8-5-6-10(9,3)11(12,7-8)13-4/h8,12H,5-7H2,1-4H3. The minimum Gasteiger partial charge on any atom is -0.379 e. The molecule has 0 radical (unpaired) electrons. The lowest BCUT2D eigenvalue weighted by Gasteiger charge is -2.44. The molecule has 0 spiro atoms. The molecule has 0 aromatic heterocycles. The fraction of sp³-hybridized carbons (Fsp3) is 1.00. The normalized spacial score (nSPS) is 52.8. The molecule has 3 unspecified atom stereocenters. The summed E-state index contributed by atoms with van der Waals surface area (Å²) in [6.45, 7) is 6.94. The molecule has 0 saturated heterocycles. The van der Waals surface area contributed by atoms with Gasteiger partial charge in [-0.15, -0.1) is 11.8 Å². The minimum atomic E-state index is -0.459. The van der Waals surface area contributed by atoms with Gasteiger partial charge < -0.3 is 5.11 Å². The van der Waals surface area contributed by atoms with E-state index in [0.29, 0.717) is 5.41 Å². The van der Waals surface area contributed by atoms with Gasteiger partial charge in [0.05, 0.1) is 0 Å². The van der Waals surface area contributed by atoms with Gasteiger partial charge in [-0.25, -0.2) is 0 Å². The Labute approximate surface area is 85.3 Å². The summed E-state index contributed by atoms with van der Waals surface area (Å²) >= 11 is 1.65. The summed E-state index contributed by atoms with van der Waals surface area (Å²) in [5.74, 6) is 0.731. The quantitative estimate of drug-likeness (QED) is 0.657. The van der Waals surface area contributed by atoms with E-state index >= 15 is 0 Å². The number of fused-ring (bicyclic) bond motifs is 2. The molecule has 2 rings (SSSR count). The summed E-state index contributed by atoms with van der Waals surface area (Å²) in [4.78, 5) is -0.459. The Hall–Kier alpha value is 0.310. The van der Waals surface area contributed by atoms with Crippen molar-refractivity contribution in [3.05, 3.63) is 0 Å². The molecule has 2 saturated carbocycles. The molecule has 2 aliphatic rings. The minimum absolute atomic E-state index is 0.129. The Morgan fingerprint density at radius 2 is 1.92 bits per heavy atom. The number of rotatable bonds is 1. The molecule has 2 heteroatoms. The molecular weight excluding hydrogens is 180 g/mol. The van der Waals surface area contributed by atoms with E-state index in [-0.39, 0.29) is 5.41 Å². The van der Waals surface area contributed by atoms with Gasteiger partial charge in [-0.05, 0) is 36.9 Å². The molecule has 3 atom stereocenters. The number of hydrogen-bond donors (Lipinski definition) is 1. The van der Waals surface area contributed by atoms with Crippen LogP contribution in [0.5, 0.6) is 0 Å². The van der Waals surface area contributed by atoms with Gasteiger partial charge in [-0.1, -0.05) is 20.8 Å². The van der Waals surface area contributed by atoms with Crippen LogP contribution in [0.1, 0.15) is 40.0 Å². The van der Waals surface area contributed by atoms with Gasteiger partial charge in [0.25, 0.3) is 0 Å². The Balaban J connectivity index is 2.44. The molecule has 0 aromatic rings. The second-order valence-corrected chi connectivity index (χ2v) is 6.57. The van der Waals surface area contributed by atoms with E-state index < -0.39 is 4.93 Å². The van der Waals surface area contributed by atoms with Gasteiger partial charge >= 0.3 is 0 Å². The molecule has 1 nitrogen and oxygen atoms in total. The molecular formula is C11H20OS. The molecule has 0 amide bonds. The van der Waals surface area contributed by atoms with E-state index in [9.17, 15) is 5.11 Å². The predicted octanol–water partition coefficient (Wildman–Crippen LogP) is 2.88. The molecule has 0 aliphatic heterocycles. The topological polar surface area (TPSA) is 20.2 Å². The highest BCUT2D eigenvalue weighted by molar-refractivity contribution is 7.99. The third kappa shape index (κ3) is 0.892. The van der Waals surface area contributed by atoms with Gasteiger partial charge in [0, 0.05) is 5.41 Å². The van der Waals surface area contributed by atoms with Gasteiger partial charge in [-0.3, -0.25) is 0 Å². The first-order valence-corrected chi connectivity index (χ1v) is 6.37. The zero-order valence-corrected chi connectivity index (χ0v) is 9.87. The van der Waals surface area contributed by atoms with Crippen LogP contribution in [0.2, 0.25) is 0 Å². The zero-order valence-electron chi connectivity index (χ0n) is 9.05. The maximum Gasteiger partial charge on any atom is 0.116 e. The van der Waals surface area contributed by atoms with Crippen LogP contribution in [0.15, 0.2) is 0 Å². The van der Waals surface area contributed by atoms with Crippen LogP contribution in [0.3, 0.4) is 0 Å². The van der Waals surface area contributed by atoms with Crippen LogP contribution >= 0.6 is 11.8 Å². The lowest BCUT2D eigenvalue weighted by atomic mass is 9.69. The third-order valence-electron chi connectivity index (χ3n) is 5.16. The van der Waals surface area contributed by atoms with Gasteiger partial charge in [0.2, 0.25) is 0 Å². The molecule has 2 fully saturated rings. The fourth-order valence-electron chi connectivity index (χ4n) is 3.52. The van der Waals surface area contributed by atoms with Crippen molar-refractivity contribution in [2.24, 2.45) is 16.7 Å². The van der Waals surface area contributed by atoms with Gasteiger partial charge in [0.1, 0.15) is 4.93 Å². The largest absolute Gasteiger partial charge is 0.379 e. The Morgan fingerprint density at radius 3 is 2.15 bits per heavy atom. The van der Waals surface area contributed by atoms with Crippen molar-refractivity contribution in [1.82, 2.24) is 0 Å². The van der Waals surface area contributed by atoms with Crippen molar-refractivity contribution in [1.29, 1.82) is 0 Å². The smallest absolute Gasteiger partial charge is 0.116 e. The monoisotopic (exact) mass is 200 g/mol. The van der Waals surface area contributed by atoms with Crippen molar-refractivity contribution < 1.29 is 5.11 Å². The van der Waals surface area contributed by atoms with Gasteiger partial charge in [-0.2, -0.15) is 0 Å². The molecule has 2 aliphatic carbocycles. The SMILES string of the molecule is CSC1(O)CC2CCC1(C)C2(C)C. The average molecular weight is 200 g/mol. The molecule has 0 heterocycles. The van der Waals surface area contributed by atoms with Crippen LogP contribution in [0.25, 0.3) is 0 Å². The summed E-state index contributed by atoms with van der Waals surface area (Å²) in [7, 11) is 0. The molecule has 1 N–H and O–H groups in total. The van der Waals surface area contributed by atoms with Crippen LogP contribution in [0, 0.1) is 16.7 Å². The maximum absolute atomic E-state index is 10.5. The molecule has 76 valence electrons. The highest BCUT2D eigenvalue weighted by Gasteiger charge is 2.68. The highest BCUT2D eigenvalue weighted by atomic mass is 32.2. The fourth-order valence-corrected chi connectivity index (χ4v) is 4.70. The van der Waals surface area contributed by atoms with E-state index in [2.05, 4.69) is 20.8 Å². The van der Waals surface area contributed by atoms with Gasteiger partial charge in [0.15, 0.2) is 0 Å². The van der Waals surface area contributed by atoms with Crippen LogP contribution in [0.4, 0.5) is 0 Å².